The number of aromatic nitrogens is 1. The van der Waals surface area contributed by atoms with Gasteiger partial charge in [-0.05, 0) is 24.7 Å². The number of hydrogen-bond acceptors (Lipinski definition) is 8. The number of thiazole rings is 1. The zero-order chi connectivity index (χ0) is 24.1. The van der Waals surface area contributed by atoms with Crippen LogP contribution in [0.5, 0.6) is 11.5 Å². The quantitative estimate of drug-likeness (QED) is 0.228. The van der Waals surface area contributed by atoms with Gasteiger partial charge in [-0.3, -0.25) is 19.8 Å². The zero-order valence-corrected chi connectivity index (χ0v) is 21.1. The summed E-state index contributed by atoms with van der Waals surface area (Å²) in [6.45, 7) is 8.08. The molecule has 0 unspecified atom stereocenters. The fourth-order valence-electron chi connectivity index (χ4n) is 3.65. The summed E-state index contributed by atoms with van der Waals surface area (Å²) in [6, 6.07) is 9.92. The third-order valence-corrected chi connectivity index (χ3v) is 6.61. The van der Waals surface area contributed by atoms with E-state index in [0.29, 0.717) is 48.5 Å². The molecule has 0 saturated heterocycles. The van der Waals surface area contributed by atoms with Crippen molar-refractivity contribution >= 4 is 56.8 Å². The summed E-state index contributed by atoms with van der Waals surface area (Å²) in [5.41, 5.74) is 1.30. The Morgan fingerprint density at radius 3 is 2.54 bits per heavy atom. The molecule has 0 N–H and O–H groups in total. The maximum atomic E-state index is 13.3. The molecule has 11 heteroatoms. The number of hydrogen-bond donors (Lipinski definition) is 0. The van der Waals surface area contributed by atoms with E-state index in [4.69, 9.17) is 14.5 Å². The Labute approximate surface area is 213 Å². The number of likely N-dealkylation sites (N-methyl/N-ethyl adjacent to an activating group) is 1. The van der Waals surface area contributed by atoms with Gasteiger partial charge in [-0.25, -0.2) is 4.98 Å². The van der Waals surface area contributed by atoms with E-state index in [1.54, 1.807) is 23.1 Å². The molecule has 4 rings (SSSR count). The minimum atomic E-state index is -0.455. The molecule has 1 aliphatic heterocycles. The van der Waals surface area contributed by atoms with Gasteiger partial charge < -0.3 is 14.4 Å². The molecule has 9 nitrogen and oxygen atoms in total. The van der Waals surface area contributed by atoms with Gasteiger partial charge in [-0.15, -0.1) is 12.4 Å². The second kappa shape index (κ2) is 12.0. The fourth-order valence-corrected chi connectivity index (χ4v) is 4.66. The topological polar surface area (TPSA) is 98.0 Å². The van der Waals surface area contributed by atoms with Crippen molar-refractivity contribution in [2.45, 2.75) is 13.8 Å². The Morgan fingerprint density at radius 2 is 1.86 bits per heavy atom. The Morgan fingerprint density at radius 1 is 1.14 bits per heavy atom. The van der Waals surface area contributed by atoms with Crippen LogP contribution < -0.4 is 14.4 Å². The van der Waals surface area contributed by atoms with Crippen LogP contribution in [0.4, 0.5) is 10.8 Å². The van der Waals surface area contributed by atoms with Gasteiger partial charge >= 0.3 is 0 Å². The zero-order valence-electron chi connectivity index (χ0n) is 19.5. The van der Waals surface area contributed by atoms with Gasteiger partial charge in [0.1, 0.15) is 13.2 Å². The number of ether oxygens (including phenoxy) is 2. The molecule has 35 heavy (non-hydrogen) atoms. The number of rotatable bonds is 9. The second-order valence-corrected chi connectivity index (χ2v) is 8.67. The van der Waals surface area contributed by atoms with E-state index in [0.717, 1.165) is 23.3 Å². The number of fused-ring (bicyclic) bond motifs is 2. The summed E-state index contributed by atoms with van der Waals surface area (Å²) >= 11 is 1.42. The van der Waals surface area contributed by atoms with Crippen LogP contribution in [0.3, 0.4) is 0 Å². The molecule has 1 amide bonds. The summed E-state index contributed by atoms with van der Waals surface area (Å²) < 4.78 is 12.2. The van der Waals surface area contributed by atoms with Crippen LogP contribution >= 0.6 is 23.7 Å². The molecule has 0 radical (unpaired) electrons. The molecule has 1 aliphatic rings. The number of carbonyl (C=O) groups excluding carboxylic acids is 1. The molecular formula is C24H27ClN4O5S. The highest BCUT2D eigenvalue weighted by molar-refractivity contribution is 7.22. The van der Waals surface area contributed by atoms with Crippen molar-refractivity contribution in [1.82, 2.24) is 9.88 Å². The van der Waals surface area contributed by atoms with Crippen molar-refractivity contribution in [3.63, 3.8) is 0 Å². The molecular weight excluding hydrogens is 492 g/mol. The van der Waals surface area contributed by atoms with Gasteiger partial charge in [0.05, 0.1) is 15.1 Å². The van der Waals surface area contributed by atoms with Gasteiger partial charge in [0.25, 0.3) is 11.6 Å². The van der Waals surface area contributed by atoms with Gasteiger partial charge in [0.2, 0.25) is 0 Å². The van der Waals surface area contributed by atoms with Crippen LogP contribution in [0.1, 0.15) is 19.4 Å². The van der Waals surface area contributed by atoms with E-state index in [1.807, 2.05) is 12.1 Å². The lowest BCUT2D eigenvalue weighted by Gasteiger charge is -2.23. The summed E-state index contributed by atoms with van der Waals surface area (Å²) in [4.78, 5) is 32.5. The first-order chi connectivity index (χ1) is 16.5. The fraction of sp³-hybridized carbons (Fsp3) is 0.333. The molecule has 0 atom stereocenters. The van der Waals surface area contributed by atoms with Crippen LogP contribution in [0.25, 0.3) is 16.3 Å². The van der Waals surface area contributed by atoms with Crippen LogP contribution in [-0.2, 0) is 4.79 Å². The molecule has 0 fully saturated rings. The monoisotopic (exact) mass is 518 g/mol. The van der Waals surface area contributed by atoms with Crippen LogP contribution in [0.15, 0.2) is 42.5 Å². The number of nitro groups is 1. The molecule has 0 saturated carbocycles. The Balaban J connectivity index is 0.00000342. The Hall–Kier alpha value is -3.21. The number of benzene rings is 2. The number of carbonyl (C=O) groups is 1. The summed E-state index contributed by atoms with van der Waals surface area (Å²) in [6.07, 6.45) is 3.03. The lowest BCUT2D eigenvalue weighted by atomic mass is 10.2. The average Bonchev–Trinajstić information content (AvgIpc) is 3.26. The molecule has 0 aliphatic carbocycles. The lowest BCUT2D eigenvalue weighted by Crippen LogP contribution is -2.38. The predicted octanol–water partition coefficient (Wildman–Crippen LogP) is 4.79. The largest absolute Gasteiger partial charge is 0.486 e. The molecule has 2 aromatic carbocycles. The molecule has 1 aromatic heterocycles. The first kappa shape index (κ1) is 26.4. The second-order valence-electron chi connectivity index (χ2n) is 7.66. The first-order valence-electron chi connectivity index (χ1n) is 11.1. The standard InChI is InChI=1S/C24H26N4O5S.ClH/c1-3-26(4-2)10-11-27(23(29)9-8-17-6-5-7-18(14-17)28(30)31)24-25-19-15-20-21(16-22(19)34-24)33-13-12-32-20;/h5-9,14-16H,3-4,10-13H2,1-2H3;1H. The number of nitrogens with zero attached hydrogens (tertiary/aromatic N) is 4. The SMILES string of the molecule is CCN(CC)CCN(C(=O)C=Cc1cccc([N+](=O)[O-])c1)c1nc2cc3c(cc2s1)OCCO3.Cl. The van der Waals surface area contributed by atoms with Crippen molar-refractivity contribution in [3.8, 4) is 11.5 Å². The number of anilines is 1. The summed E-state index contributed by atoms with van der Waals surface area (Å²) in [7, 11) is 0. The average molecular weight is 519 g/mol. The number of nitro benzene ring substituents is 1. The van der Waals surface area contributed by atoms with Gasteiger partial charge in [-0.2, -0.15) is 0 Å². The minimum absolute atomic E-state index is 0. The van der Waals surface area contributed by atoms with E-state index in [1.165, 1.54) is 29.5 Å². The number of halogens is 1. The van der Waals surface area contributed by atoms with E-state index in [9.17, 15) is 14.9 Å². The van der Waals surface area contributed by atoms with Crippen LogP contribution in [0, 0.1) is 10.1 Å². The summed E-state index contributed by atoms with van der Waals surface area (Å²) in [5.74, 6) is 1.10. The van der Waals surface area contributed by atoms with Crippen molar-refractivity contribution in [1.29, 1.82) is 0 Å². The highest BCUT2D eigenvalue weighted by Crippen LogP contribution is 2.38. The smallest absolute Gasteiger partial charge is 0.270 e. The first-order valence-corrected chi connectivity index (χ1v) is 12.0. The van der Waals surface area contributed by atoms with Gasteiger partial charge in [0.15, 0.2) is 16.6 Å². The van der Waals surface area contributed by atoms with Gasteiger partial charge in [-0.1, -0.05) is 37.3 Å². The molecule has 186 valence electrons. The minimum Gasteiger partial charge on any atom is -0.486 e. The Bertz CT molecular complexity index is 1180. The summed E-state index contributed by atoms with van der Waals surface area (Å²) in [5, 5.41) is 11.6. The molecule has 0 spiro atoms. The number of amides is 1. The van der Waals surface area contributed by atoms with Crippen molar-refractivity contribution in [2.75, 3.05) is 44.3 Å². The lowest BCUT2D eigenvalue weighted by molar-refractivity contribution is -0.384. The molecule has 0 bridgehead atoms. The third kappa shape index (κ3) is 6.27. The van der Waals surface area contributed by atoms with Crippen LogP contribution in [-0.4, -0.2) is 60.1 Å². The maximum absolute atomic E-state index is 13.3. The number of non-ortho nitro benzene ring substituents is 1. The van der Waals surface area contributed by atoms with E-state index >= 15 is 0 Å². The van der Waals surface area contributed by atoms with E-state index in [-0.39, 0.29) is 24.0 Å². The van der Waals surface area contributed by atoms with Crippen molar-refractivity contribution in [2.24, 2.45) is 0 Å². The van der Waals surface area contributed by atoms with Gasteiger partial charge in [0, 0.05) is 43.4 Å². The van der Waals surface area contributed by atoms with E-state index in [2.05, 4.69) is 18.7 Å². The van der Waals surface area contributed by atoms with Crippen LogP contribution in [0.2, 0.25) is 0 Å². The normalized spacial score (nSPS) is 12.7. The highest BCUT2D eigenvalue weighted by atomic mass is 35.5. The third-order valence-electron chi connectivity index (χ3n) is 5.57. The molecule has 3 aromatic rings. The van der Waals surface area contributed by atoms with E-state index < -0.39 is 4.92 Å². The Kier molecular flexibility index (Phi) is 9.02. The maximum Gasteiger partial charge on any atom is 0.270 e. The van der Waals surface area contributed by atoms with Crippen molar-refractivity contribution in [3.05, 3.63) is 58.2 Å². The van der Waals surface area contributed by atoms with Crippen molar-refractivity contribution < 1.29 is 19.2 Å². The highest BCUT2D eigenvalue weighted by Gasteiger charge is 2.21. The molecule has 2 heterocycles. The predicted molar refractivity (Wildman–Crippen MR) is 140 cm³/mol.